The highest BCUT2D eigenvalue weighted by atomic mass is 35.5. The Morgan fingerprint density at radius 2 is 2.02 bits per heavy atom. The topological polar surface area (TPSA) is 119 Å². The lowest BCUT2D eigenvalue weighted by atomic mass is 9.64. The van der Waals surface area contributed by atoms with Crippen molar-refractivity contribution in [1.82, 2.24) is 0 Å². The van der Waals surface area contributed by atoms with Crippen LogP contribution in [0.25, 0.3) is 0 Å². The Kier molecular flexibility index (Phi) is 8.73. The Morgan fingerprint density at radius 3 is 2.67 bits per heavy atom. The van der Waals surface area contributed by atoms with Crippen LogP contribution in [0.2, 0.25) is 5.02 Å². The number of halogens is 2. The van der Waals surface area contributed by atoms with Gasteiger partial charge in [-0.15, -0.1) is 0 Å². The van der Waals surface area contributed by atoms with Crippen molar-refractivity contribution in [1.29, 1.82) is 0 Å². The molecule has 1 fully saturated rings. The minimum Gasteiger partial charge on any atom is -0.490 e. The second-order valence-electron chi connectivity index (χ2n) is 13.6. The number of rotatable bonds is 9. The van der Waals surface area contributed by atoms with Crippen molar-refractivity contribution in [3.8, 4) is 5.75 Å². The summed E-state index contributed by atoms with van der Waals surface area (Å²) in [5.74, 6) is -0.211. The minimum absolute atomic E-state index is 0.0889. The minimum atomic E-state index is -3.62. The average Bonchev–Trinajstić information content (AvgIpc) is 3.09. The number of carboxylic acid groups (broad SMARTS) is 1. The number of hydrogen-bond acceptors (Lipinski definition) is 6. The molecule has 0 aromatic heterocycles. The number of aromatic carboxylic acids is 1. The molecule has 1 unspecified atom stereocenters. The molecule has 1 aliphatic heterocycles. The van der Waals surface area contributed by atoms with E-state index in [4.69, 9.17) is 26.2 Å². The Morgan fingerprint density at radius 1 is 1.27 bits per heavy atom. The molecular weight excluding hydrogens is 619 g/mol. The fourth-order valence-electron chi connectivity index (χ4n) is 8.17. The second kappa shape index (κ2) is 12.2. The van der Waals surface area contributed by atoms with E-state index in [0.29, 0.717) is 35.1 Å². The smallest absolute Gasteiger partial charge is 0.335 e. The van der Waals surface area contributed by atoms with Crippen molar-refractivity contribution in [3.05, 3.63) is 69.5 Å². The number of hydrogen-bond donors (Lipinski definition) is 2. The third-order valence-electron chi connectivity index (χ3n) is 11.1. The molecule has 4 aliphatic rings. The highest BCUT2D eigenvalue weighted by molar-refractivity contribution is 7.89. The molecule has 8 nitrogen and oxygen atoms in total. The molecule has 0 radical (unpaired) electrons. The van der Waals surface area contributed by atoms with Crippen molar-refractivity contribution in [2.24, 2.45) is 28.8 Å². The lowest BCUT2D eigenvalue weighted by Crippen LogP contribution is -2.50. The Labute approximate surface area is 269 Å². The zero-order valence-electron chi connectivity index (χ0n) is 26.0. The van der Waals surface area contributed by atoms with Gasteiger partial charge in [0.15, 0.2) is 0 Å². The largest absolute Gasteiger partial charge is 0.490 e. The molecule has 11 heteroatoms. The number of anilines is 1. The number of sulfonamides is 1. The van der Waals surface area contributed by atoms with Crippen LogP contribution in [0.3, 0.4) is 0 Å². The quantitative estimate of drug-likeness (QED) is 0.319. The molecule has 0 saturated heterocycles. The summed E-state index contributed by atoms with van der Waals surface area (Å²) in [5, 5.41) is 15.0. The van der Waals surface area contributed by atoms with Gasteiger partial charge in [0, 0.05) is 30.8 Å². The first-order chi connectivity index (χ1) is 21.3. The monoisotopic (exact) mass is 660 g/mol. The average molecular weight is 661 g/mol. The SMILES string of the molecule is CO[C@@H](C1=CC([C@H](C)[C@@H](C)S(N)(=O)=O)C1)[C@@H]1CC[C@H]1CN1C[C@@]2(CCCc3cc(Cl)cc(F)c32)COc2ccc(C(=O)O)cc21. The molecule has 0 amide bonds. The fraction of sp³-hybridized carbons (Fsp3) is 0.559. The maximum Gasteiger partial charge on any atom is 0.335 e. The number of aryl methyl sites for hydroxylation is 1. The van der Waals surface area contributed by atoms with Gasteiger partial charge in [-0.1, -0.05) is 24.6 Å². The van der Waals surface area contributed by atoms with Gasteiger partial charge in [-0.3, -0.25) is 0 Å². The summed E-state index contributed by atoms with van der Waals surface area (Å²) in [7, 11) is -1.89. The van der Waals surface area contributed by atoms with Gasteiger partial charge in [0.2, 0.25) is 10.0 Å². The van der Waals surface area contributed by atoms with Gasteiger partial charge in [0.25, 0.3) is 0 Å². The lowest BCUT2D eigenvalue weighted by Gasteiger charge is -2.48. The van der Waals surface area contributed by atoms with Gasteiger partial charge in [-0.2, -0.15) is 0 Å². The molecule has 2 aromatic rings. The zero-order valence-corrected chi connectivity index (χ0v) is 27.5. The van der Waals surface area contributed by atoms with Gasteiger partial charge in [0.1, 0.15) is 11.6 Å². The number of ether oxygens (including phenoxy) is 2. The van der Waals surface area contributed by atoms with E-state index in [1.165, 1.54) is 11.6 Å². The van der Waals surface area contributed by atoms with Gasteiger partial charge >= 0.3 is 5.97 Å². The summed E-state index contributed by atoms with van der Waals surface area (Å²) in [4.78, 5) is 14.2. The fourth-order valence-corrected chi connectivity index (χ4v) is 9.20. The van der Waals surface area contributed by atoms with Crippen LogP contribution in [0.15, 0.2) is 42.0 Å². The number of primary sulfonamides is 1. The first-order valence-corrected chi connectivity index (χ1v) is 17.8. The molecule has 45 heavy (non-hydrogen) atoms. The van der Waals surface area contributed by atoms with Crippen molar-refractivity contribution in [2.75, 3.05) is 31.7 Å². The van der Waals surface area contributed by atoms with E-state index in [1.54, 1.807) is 32.2 Å². The lowest BCUT2D eigenvalue weighted by molar-refractivity contribution is -0.000495. The molecule has 2 aromatic carbocycles. The first-order valence-electron chi connectivity index (χ1n) is 15.8. The number of carbonyl (C=O) groups is 1. The van der Waals surface area contributed by atoms with E-state index in [1.807, 2.05) is 13.0 Å². The van der Waals surface area contributed by atoms with Crippen LogP contribution in [-0.2, 0) is 26.6 Å². The third-order valence-corrected chi connectivity index (χ3v) is 12.8. The van der Waals surface area contributed by atoms with Crippen LogP contribution in [0.5, 0.6) is 5.75 Å². The van der Waals surface area contributed by atoms with E-state index in [2.05, 4.69) is 11.0 Å². The van der Waals surface area contributed by atoms with Gasteiger partial charge in [-0.05, 0) is 111 Å². The maximum atomic E-state index is 15.7. The number of nitrogens with zero attached hydrogens (tertiary/aromatic N) is 1. The van der Waals surface area contributed by atoms with E-state index in [-0.39, 0.29) is 47.8 Å². The standard InChI is InChI=1S/C34H42ClFN2O6S/c1-19(20(2)45(37,41)42)24-11-25(12-24)32(43-3)27-8-6-23(27)16-38-17-34(10-4-5-21-13-26(35)15-28(36)31(21)34)18-44-30-9-7-22(33(39)40)14-29(30)38/h7,9,11,13-15,19-20,23-24,27,32H,4-6,8,10,12,16-18H2,1-3H3,(H,39,40)(H2,37,41,42)/t19-,20-,23+,24?,27-,32+,34+/m1/s1. The van der Waals surface area contributed by atoms with Crippen molar-refractivity contribution < 1.29 is 32.2 Å². The number of methoxy groups -OCH3 is 1. The van der Waals surface area contributed by atoms with Crippen molar-refractivity contribution in [2.45, 2.75) is 69.1 Å². The normalized spacial score (nSPS) is 27.9. The molecular formula is C34H42ClFN2O6S. The zero-order chi connectivity index (χ0) is 32.3. The summed E-state index contributed by atoms with van der Waals surface area (Å²) >= 11 is 6.26. The summed E-state index contributed by atoms with van der Waals surface area (Å²) < 4.78 is 52.0. The van der Waals surface area contributed by atoms with Gasteiger partial charge in [0.05, 0.1) is 34.6 Å². The maximum absolute atomic E-state index is 15.7. The Balaban J connectivity index is 1.29. The number of fused-ring (bicyclic) bond motifs is 3. The molecule has 3 aliphatic carbocycles. The Bertz CT molecular complexity index is 1630. The second-order valence-corrected chi connectivity index (χ2v) is 16.0. The molecule has 6 rings (SSSR count). The van der Waals surface area contributed by atoms with Crippen LogP contribution >= 0.6 is 11.6 Å². The molecule has 1 heterocycles. The molecule has 0 bridgehead atoms. The van der Waals surface area contributed by atoms with Crippen LogP contribution in [0.1, 0.15) is 67.4 Å². The van der Waals surface area contributed by atoms with E-state index >= 15 is 4.39 Å². The number of carboxylic acids is 1. The molecule has 7 atom stereocenters. The highest BCUT2D eigenvalue weighted by Gasteiger charge is 2.47. The number of benzene rings is 2. The summed E-state index contributed by atoms with van der Waals surface area (Å²) in [6, 6.07) is 8.19. The van der Waals surface area contributed by atoms with Crippen molar-refractivity contribution in [3.63, 3.8) is 0 Å². The van der Waals surface area contributed by atoms with Crippen molar-refractivity contribution >= 4 is 33.3 Å². The van der Waals surface area contributed by atoms with Gasteiger partial charge < -0.3 is 19.5 Å². The highest BCUT2D eigenvalue weighted by Crippen LogP contribution is 2.49. The predicted octanol–water partition coefficient (Wildman–Crippen LogP) is 5.95. The summed E-state index contributed by atoms with van der Waals surface area (Å²) in [5.41, 5.74) is 3.02. The van der Waals surface area contributed by atoms with Crippen LogP contribution in [0, 0.1) is 29.5 Å². The van der Waals surface area contributed by atoms with Crippen LogP contribution < -0.4 is 14.8 Å². The molecule has 1 spiro atoms. The van der Waals surface area contributed by atoms with Crippen LogP contribution in [-0.4, -0.2) is 57.7 Å². The van der Waals surface area contributed by atoms with Crippen LogP contribution in [0.4, 0.5) is 10.1 Å². The van der Waals surface area contributed by atoms with E-state index in [9.17, 15) is 18.3 Å². The molecule has 244 valence electrons. The predicted molar refractivity (Wildman–Crippen MR) is 172 cm³/mol. The third kappa shape index (κ3) is 5.99. The molecule has 3 N–H and O–H groups in total. The number of allylic oxidation sites excluding steroid dienone is 1. The summed E-state index contributed by atoms with van der Waals surface area (Å²) in [6.45, 7) is 5.01. The summed E-state index contributed by atoms with van der Waals surface area (Å²) in [6.07, 6.45) is 7.17. The Hall–Kier alpha value is -2.66. The number of nitrogens with two attached hydrogens (primary N) is 1. The van der Waals surface area contributed by atoms with Gasteiger partial charge in [-0.25, -0.2) is 22.7 Å². The van der Waals surface area contributed by atoms with E-state index in [0.717, 1.165) is 44.1 Å². The molecule has 1 saturated carbocycles. The first kappa shape index (κ1) is 32.3. The van der Waals surface area contributed by atoms with E-state index < -0.39 is 26.7 Å².